The minimum absolute atomic E-state index is 0.178. The van der Waals surface area contributed by atoms with Crippen LogP contribution < -0.4 is 0 Å². The van der Waals surface area contributed by atoms with Gasteiger partial charge in [-0.1, -0.05) is 38.1 Å². The Bertz CT molecular complexity index is 775. The van der Waals surface area contributed by atoms with Crippen LogP contribution in [0.4, 0.5) is 0 Å². The molecule has 1 aliphatic carbocycles. The van der Waals surface area contributed by atoms with Gasteiger partial charge in [0.15, 0.2) is 0 Å². The van der Waals surface area contributed by atoms with E-state index in [1.54, 1.807) is 0 Å². The van der Waals surface area contributed by atoms with Crippen molar-refractivity contribution < 1.29 is 4.79 Å². The first-order valence-electron chi connectivity index (χ1n) is 9.24. The van der Waals surface area contributed by atoms with Gasteiger partial charge >= 0.3 is 0 Å². The molecule has 134 valence electrons. The van der Waals surface area contributed by atoms with Crippen molar-refractivity contribution in [2.45, 2.75) is 59.5 Å². The van der Waals surface area contributed by atoms with Gasteiger partial charge in [-0.25, -0.2) is 0 Å². The molecule has 2 aromatic rings. The van der Waals surface area contributed by atoms with Gasteiger partial charge < -0.3 is 4.90 Å². The van der Waals surface area contributed by atoms with Gasteiger partial charge in [0, 0.05) is 24.8 Å². The molecule has 0 saturated carbocycles. The molecule has 3 rings (SSSR count). The monoisotopic (exact) mass is 339 g/mol. The summed E-state index contributed by atoms with van der Waals surface area (Å²) in [6.07, 6.45) is 2.51. The van der Waals surface area contributed by atoms with Gasteiger partial charge in [0.25, 0.3) is 0 Å². The van der Waals surface area contributed by atoms with E-state index in [9.17, 15) is 4.79 Å². The Morgan fingerprint density at radius 3 is 2.76 bits per heavy atom. The number of carbonyl (C=O) groups excluding carboxylic acids is 1. The second-order valence-electron chi connectivity index (χ2n) is 7.66. The molecule has 0 radical (unpaired) electrons. The molecule has 1 aliphatic rings. The minimum Gasteiger partial charge on any atom is -0.338 e. The third-order valence-electron chi connectivity index (χ3n) is 5.36. The van der Waals surface area contributed by atoms with Crippen LogP contribution in [-0.2, 0) is 24.2 Å². The number of likely N-dealkylation sites (N-methyl/N-ethyl adjacent to an activating group) is 1. The maximum Gasteiger partial charge on any atom is 0.227 e. The fraction of sp³-hybridized carbons (Fsp3) is 0.524. The molecule has 0 fully saturated rings. The maximum absolute atomic E-state index is 12.9. The molecule has 0 saturated heterocycles. The summed E-state index contributed by atoms with van der Waals surface area (Å²) in [7, 11) is 1.94. The van der Waals surface area contributed by atoms with Gasteiger partial charge in [-0.2, -0.15) is 5.10 Å². The second-order valence-corrected chi connectivity index (χ2v) is 7.66. The number of hydrogen-bond acceptors (Lipinski definition) is 2. The standard InChI is InChI=1S/C21H29N3O/c1-14(2)13-24-16(4)19(15(3)22-24)12-21(25)23(5)20-11-10-17-8-6-7-9-18(17)20/h6-9,14,20H,10-13H2,1-5H3. The van der Waals surface area contributed by atoms with Crippen LogP contribution in [0.2, 0.25) is 0 Å². The van der Waals surface area contributed by atoms with Crippen LogP contribution in [0.3, 0.4) is 0 Å². The van der Waals surface area contributed by atoms with Crippen LogP contribution in [0.1, 0.15) is 54.4 Å². The topological polar surface area (TPSA) is 38.1 Å². The van der Waals surface area contributed by atoms with E-state index in [-0.39, 0.29) is 11.9 Å². The first-order chi connectivity index (χ1) is 11.9. The summed E-state index contributed by atoms with van der Waals surface area (Å²) in [5.74, 6) is 0.719. The normalized spacial score (nSPS) is 16.3. The highest BCUT2D eigenvalue weighted by molar-refractivity contribution is 5.79. The molecule has 0 spiro atoms. The first kappa shape index (κ1) is 17.7. The third-order valence-corrected chi connectivity index (χ3v) is 5.36. The van der Waals surface area contributed by atoms with Crippen LogP contribution >= 0.6 is 0 Å². The van der Waals surface area contributed by atoms with Crippen LogP contribution in [0.25, 0.3) is 0 Å². The summed E-state index contributed by atoms with van der Waals surface area (Å²) in [6.45, 7) is 9.36. The Hall–Kier alpha value is -2.10. The highest BCUT2D eigenvalue weighted by atomic mass is 16.2. The zero-order valence-corrected chi connectivity index (χ0v) is 16.0. The summed E-state index contributed by atoms with van der Waals surface area (Å²) in [4.78, 5) is 14.9. The van der Waals surface area contributed by atoms with Gasteiger partial charge in [0.05, 0.1) is 18.2 Å². The van der Waals surface area contributed by atoms with E-state index in [1.165, 1.54) is 11.1 Å². The lowest BCUT2D eigenvalue weighted by molar-refractivity contribution is -0.131. The molecular formula is C21H29N3O. The number of hydrogen-bond donors (Lipinski definition) is 0. The quantitative estimate of drug-likeness (QED) is 0.830. The largest absolute Gasteiger partial charge is 0.338 e. The van der Waals surface area contributed by atoms with Crippen molar-refractivity contribution in [1.82, 2.24) is 14.7 Å². The zero-order valence-electron chi connectivity index (χ0n) is 16.0. The summed E-state index contributed by atoms with van der Waals surface area (Å²) in [5.41, 5.74) is 5.88. The fourth-order valence-electron chi connectivity index (χ4n) is 3.90. The molecule has 1 heterocycles. The molecule has 4 heteroatoms. The highest BCUT2D eigenvalue weighted by Crippen LogP contribution is 2.35. The Labute approximate surface area is 150 Å². The average Bonchev–Trinajstić information content (AvgIpc) is 3.10. The fourth-order valence-corrected chi connectivity index (χ4v) is 3.90. The SMILES string of the molecule is Cc1nn(CC(C)C)c(C)c1CC(=O)N(C)C1CCc2ccccc21. The van der Waals surface area contributed by atoms with Crippen molar-refractivity contribution in [3.8, 4) is 0 Å². The minimum atomic E-state index is 0.178. The average molecular weight is 339 g/mol. The zero-order chi connectivity index (χ0) is 18.1. The van der Waals surface area contributed by atoms with Crippen molar-refractivity contribution >= 4 is 5.91 Å². The molecule has 25 heavy (non-hydrogen) atoms. The van der Waals surface area contributed by atoms with E-state index >= 15 is 0 Å². The molecule has 0 aliphatic heterocycles. The Kier molecular flexibility index (Phi) is 4.98. The predicted molar refractivity (Wildman–Crippen MR) is 101 cm³/mol. The van der Waals surface area contributed by atoms with Crippen LogP contribution in [0.5, 0.6) is 0 Å². The number of nitrogens with zero attached hydrogens (tertiary/aromatic N) is 3. The number of benzene rings is 1. The van der Waals surface area contributed by atoms with E-state index in [4.69, 9.17) is 0 Å². The van der Waals surface area contributed by atoms with Crippen LogP contribution in [0, 0.1) is 19.8 Å². The molecule has 4 nitrogen and oxygen atoms in total. The molecule has 1 amide bonds. The number of carbonyl (C=O) groups is 1. The maximum atomic E-state index is 12.9. The lowest BCUT2D eigenvalue weighted by Gasteiger charge is -2.25. The van der Waals surface area contributed by atoms with Crippen LogP contribution in [-0.4, -0.2) is 27.6 Å². The second kappa shape index (κ2) is 7.03. The molecule has 1 atom stereocenters. The van der Waals surface area contributed by atoms with E-state index in [0.717, 1.165) is 36.3 Å². The van der Waals surface area contributed by atoms with Gasteiger partial charge in [0.2, 0.25) is 5.91 Å². The van der Waals surface area contributed by atoms with Crippen LogP contribution in [0.15, 0.2) is 24.3 Å². The molecular weight excluding hydrogens is 310 g/mol. The molecule has 1 aromatic heterocycles. The summed E-state index contributed by atoms with van der Waals surface area (Å²) in [5, 5.41) is 4.64. The molecule has 0 N–H and O–H groups in total. The number of fused-ring (bicyclic) bond motifs is 1. The lowest BCUT2D eigenvalue weighted by atomic mass is 10.1. The number of amides is 1. The predicted octanol–water partition coefficient (Wildman–Crippen LogP) is 3.84. The Morgan fingerprint density at radius 1 is 1.32 bits per heavy atom. The summed E-state index contributed by atoms with van der Waals surface area (Å²) >= 11 is 0. The van der Waals surface area contributed by atoms with Crippen molar-refractivity contribution in [2.24, 2.45) is 5.92 Å². The van der Waals surface area contributed by atoms with Gasteiger partial charge in [-0.3, -0.25) is 9.48 Å². The lowest BCUT2D eigenvalue weighted by Crippen LogP contribution is -2.31. The summed E-state index contributed by atoms with van der Waals surface area (Å²) in [6, 6.07) is 8.69. The molecule has 1 aromatic carbocycles. The van der Waals surface area contributed by atoms with Crippen molar-refractivity contribution in [3.63, 3.8) is 0 Å². The van der Waals surface area contributed by atoms with Gasteiger partial charge in [-0.05, 0) is 43.7 Å². The van der Waals surface area contributed by atoms with E-state index in [2.05, 4.69) is 50.1 Å². The Balaban J connectivity index is 1.76. The van der Waals surface area contributed by atoms with Gasteiger partial charge in [-0.15, -0.1) is 0 Å². The highest BCUT2D eigenvalue weighted by Gasteiger charge is 2.29. The number of aryl methyl sites for hydroxylation is 2. The van der Waals surface area contributed by atoms with Crippen molar-refractivity contribution in [1.29, 1.82) is 0 Å². The first-order valence-corrected chi connectivity index (χ1v) is 9.24. The van der Waals surface area contributed by atoms with E-state index in [1.807, 2.05) is 23.6 Å². The van der Waals surface area contributed by atoms with Gasteiger partial charge in [0.1, 0.15) is 0 Å². The van der Waals surface area contributed by atoms with E-state index in [0.29, 0.717) is 12.3 Å². The van der Waals surface area contributed by atoms with Crippen molar-refractivity contribution in [2.75, 3.05) is 7.05 Å². The Morgan fingerprint density at radius 2 is 2.04 bits per heavy atom. The number of rotatable bonds is 5. The molecule has 1 unspecified atom stereocenters. The molecule has 0 bridgehead atoms. The van der Waals surface area contributed by atoms with E-state index < -0.39 is 0 Å². The third kappa shape index (κ3) is 3.48. The smallest absolute Gasteiger partial charge is 0.227 e. The summed E-state index contributed by atoms with van der Waals surface area (Å²) < 4.78 is 2.05. The van der Waals surface area contributed by atoms with Crippen molar-refractivity contribution in [3.05, 3.63) is 52.3 Å². The number of aromatic nitrogens is 2.